The summed E-state index contributed by atoms with van der Waals surface area (Å²) in [5.74, 6) is -0.231. The quantitative estimate of drug-likeness (QED) is 0.333. The van der Waals surface area contributed by atoms with Crippen LogP contribution in [0.3, 0.4) is 0 Å². The summed E-state index contributed by atoms with van der Waals surface area (Å²) >= 11 is 0. The predicted molar refractivity (Wildman–Crippen MR) is 65.4 cm³/mol. The van der Waals surface area contributed by atoms with Crippen molar-refractivity contribution < 1.29 is 5.21 Å². The summed E-state index contributed by atoms with van der Waals surface area (Å²) in [6, 6.07) is 7.23. The number of rotatable bonds is 1. The fraction of sp³-hybridized carbons (Fsp3) is 0.273. The summed E-state index contributed by atoms with van der Waals surface area (Å²) in [5.41, 5.74) is 6.60. The van der Waals surface area contributed by atoms with E-state index in [0.29, 0.717) is 5.52 Å². The number of oxime groups is 1. The van der Waals surface area contributed by atoms with E-state index in [1.807, 2.05) is 26.0 Å². The molecule has 0 atom stereocenters. The summed E-state index contributed by atoms with van der Waals surface area (Å²) in [6.45, 7) is 3.81. The van der Waals surface area contributed by atoms with Gasteiger partial charge in [-0.15, -0.1) is 0 Å². The Morgan fingerprint density at radius 1 is 1.35 bits per heavy atom. The summed E-state index contributed by atoms with van der Waals surface area (Å²) < 4.78 is 2.79. The molecule has 6 nitrogen and oxygen atoms in total. The number of benzene rings is 1. The molecular weight excluding hydrogens is 220 g/mol. The van der Waals surface area contributed by atoms with Gasteiger partial charge in [-0.05, 0) is 26.0 Å². The Kier molecular flexibility index (Phi) is 2.63. The zero-order valence-electron chi connectivity index (χ0n) is 9.66. The van der Waals surface area contributed by atoms with E-state index >= 15 is 0 Å². The molecule has 2 rings (SSSR count). The lowest BCUT2D eigenvalue weighted by Crippen LogP contribution is -2.34. The van der Waals surface area contributed by atoms with Crippen molar-refractivity contribution in [3.8, 4) is 0 Å². The number of hydrogen-bond donors (Lipinski definition) is 2. The molecular formula is C11H14N4O2. The number of nitrogens with two attached hydrogens (primary N) is 1. The normalized spacial score (nSPS) is 12.5. The van der Waals surface area contributed by atoms with Gasteiger partial charge in [0.1, 0.15) is 0 Å². The maximum Gasteiger partial charge on any atom is 0.336 e. The van der Waals surface area contributed by atoms with Crippen molar-refractivity contribution >= 4 is 17.0 Å². The van der Waals surface area contributed by atoms with Crippen molar-refractivity contribution in [1.29, 1.82) is 0 Å². The first-order valence-corrected chi connectivity index (χ1v) is 5.27. The zero-order valence-corrected chi connectivity index (χ0v) is 9.66. The molecule has 1 aromatic heterocycles. The van der Waals surface area contributed by atoms with Gasteiger partial charge in [-0.2, -0.15) is 0 Å². The third-order valence-electron chi connectivity index (χ3n) is 2.63. The van der Waals surface area contributed by atoms with Crippen molar-refractivity contribution in [2.75, 3.05) is 0 Å². The summed E-state index contributed by atoms with van der Waals surface area (Å²) in [5, 5.41) is 11.6. The monoisotopic (exact) mass is 234 g/mol. The summed E-state index contributed by atoms with van der Waals surface area (Å²) in [7, 11) is 0. The second-order valence-electron chi connectivity index (χ2n) is 4.03. The highest BCUT2D eigenvalue weighted by Crippen LogP contribution is 2.16. The number of hydrogen-bond acceptors (Lipinski definition) is 3. The molecule has 0 amide bonds. The molecule has 3 N–H and O–H groups in total. The third-order valence-corrected chi connectivity index (χ3v) is 2.63. The number of aromatic nitrogens is 2. The van der Waals surface area contributed by atoms with E-state index in [1.165, 1.54) is 4.57 Å². The molecule has 0 saturated heterocycles. The molecule has 6 heteroatoms. The number of nitrogens with zero attached hydrogens (tertiary/aromatic N) is 3. The Morgan fingerprint density at radius 3 is 2.47 bits per heavy atom. The Bertz CT molecular complexity index is 636. The van der Waals surface area contributed by atoms with Gasteiger partial charge in [0.15, 0.2) is 0 Å². The first-order valence-electron chi connectivity index (χ1n) is 5.27. The van der Waals surface area contributed by atoms with E-state index in [4.69, 9.17) is 10.9 Å². The minimum absolute atomic E-state index is 0.000132. The lowest BCUT2D eigenvalue weighted by Gasteiger charge is -2.05. The minimum atomic E-state index is -0.309. The molecule has 0 aliphatic heterocycles. The van der Waals surface area contributed by atoms with E-state index < -0.39 is 0 Å². The van der Waals surface area contributed by atoms with Crippen LogP contribution in [0, 0.1) is 0 Å². The van der Waals surface area contributed by atoms with Gasteiger partial charge in [0.05, 0.1) is 11.0 Å². The smallest absolute Gasteiger partial charge is 0.336 e. The maximum atomic E-state index is 12.2. The first-order chi connectivity index (χ1) is 8.07. The van der Waals surface area contributed by atoms with Gasteiger partial charge in [0.25, 0.3) is 0 Å². The molecule has 1 heterocycles. The van der Waals surface area contributed by atoms with Gasteiger partial charge >= 0.3 is 5.69 Å². The average molecular weight is 234 g/mol. The van der Waals surface area contributed by atoms with Crippen molar-refractivity contribution in [3.63, 3.8) is 0 Å². The Balaban J connectivity index is 2.95. The van der Waals surface area contributed by atoms with Gasteiger partial charge in [-0.1, -0.05) is 17.3 Å². The van der Waals surface area contributed by atoms with Gasteiger partial charge in [0.2, 0.25) is 5.96 Å². The van der Waals surface area contributed by atoms with E-state index in [0.717, 1.165) is 5.52 Å². The third kappa shape index (κ3) is 1.57. The van der Waals surface area contributed by atoms with Crippen LogP contribution in [-0.4, -0.2) is 20.3 Å². The summed E-state index contributed by atoms with van der Waals surface area (Å²) in [6.07, 6.45) is 0. The van der Waals surface area contributed by atoms with Crippen molar-refractivity contribution in [2.24, 2.45) is 10.9 Å². The standard InChI is InChI=1S/C11H14N4O2/c1-7(2)14-8-5-3-4-6-9(8)15(11(14)16)10(12)13-17/h3-7,17H,1-2H3,(H2,12,13). The molecule has 2 aromatic rings. The zero-order chi connectivity index (χ0) is 12.6. The van der Waals surface area contributed by atoms with Crippen LogP contribution in [0.2, 0.25) is 0 Å². The molecule has 0 aliphatic rings. The predicted octanol–water partition coefficient (Wildman–Crippen LogP) is 0.936. The van der Waals surface area contributed by atoms with Crippen LogP contribution in [0.5, 0.6) is 0 Å². The highest BCUT2D eigenvalue weighted by Gasteiger charge is 2.16. The minimum Gasteiger partial charge on any atom is -0.408 e. The van der Waals surface area contributed by atoms with Crippen molar-refractivity contribution in [2.45, 2.75) is 19.9 Å². The van der Waals surface area contributed by atoms with Crippen molar-refractivity contribution in [3.05, 3.63) is 34.7 Å². The van der Waals surface area contributed by atoms with Crippen molar-refractivity contribution in [1.82, 2.24) is 9.13 Å². The molecule has 0 radical (unpaired) electrons. The molecule has 0 unspecified atom stereocenters. The van der Waals surface area contributed by atoms with Crippen LogP contribution in [0.15, 0.2) is 34.2 Å². The SMILES string of the molecule is CC(C)n1c(=O)n(/C(N)=N/O)c2ccccc21. The molecule has 17 heavy (non-hydrogen) atoms. The van der Waals surface area contributed by atoms with Crippen LogP contribution in [0.4, 0.5) is 0 Å². The van der Waals surface area contributed by atoms with Gasteiger partial charge < -0.3 is 10.9 Å². The number of imidazole rings is 1. The highest BCUT2D eigenvalue weighted by molar-refractivity contribution is 5.91. The Hall–Kier alpha value is -2.24. The molecule has 0 saturated carbocycles. The largest absolute Gasteiger partial charge is 0.408 e. The average Bonchev–Trinajstić information content (AvgIpc) is 2.60. The second kappa shape index (κ2) is 3.97. The fourth-order valence-electron chi connectivity index (χ4n) is 1.94. The Labute approximate surface area is 97.6 Å². The fourth-order valence-corrected chi connectivity index (χ4v) is 1.94. The second-order valence-corrected chi connectivity index (χ2v) is 4.03. The van der Waals surface area contributed by atoms with Gasteiger partial charge in [-0.25, -0.2) is 9.36 Å². The Morgan fingerprint density at radius 2 is 1.94 bits per heavy atom. The topological polar surface area (TPSA) is 85.5 Å². The highest BCUT2D eigenvalue weighted by atomic mass is 16.4. The van der Waals surface area contributed by atoms with Crippen LogP contribution < -0.4 is 11.4 Å². The molecule has 0 fully saturated rings. The van der Waals surface area contributed by atoms with Crippen LogP contribution in [0.1, 0.15) is 19.9 Å². The van der Waals surface area contributed by atoms with E-state index in [2.05, 4.69) is 5.16 Å². The van der Waals surface area contributed by atoms with E-state index in [9.17, 15) is 4.79 Å². The molecule has 90 valence electrons. The molecule has 1 aromatic carbocycles. The lowest BCUT2D eigenvalue weighted by molar-refractivity contribution is 0.316. The first kappa shape index (κ1) is 11.3. The molecule has 0 spiro atoms. The molecule has 0 aliphatic carbocycles. The van der Waals surface area contributed by atoms with Crippen LogP contribution in [0.25, 0.3) is 11.0 Å². The van der Waals surface area contributed by atoms with E-state index in [-0.39, 0.29) is 17.7 Å². The van der Waals surface area contributed by atoms with E-state index in [1.54, 1.807) is 16.7 Å². The van der Waals surface area contributed by atoms with Crippen LogP contribution >= 0.6 is 0 Å². The van der Waals surface area contributed by atoms with Gasteiger partial charge in [-0.3, -0.25) is 4.57 Å². The maximum absolute atomic E-state index is 12.2. The van der Waals surface area contributed by atoms with Gasteiger partial charge in [0, 0.05) is 6.04 Å². The molecule has 0 bridgehead atoms. The number of para-hydroxylation sites is 2. The lowest BCUT2D eigenvalue weighted by atomic mass is 10.3. The number of fused-ring (bicyclic) bond motifs is 1. The van der Waals surface area contributed by atoms with Crippen LogP contribution in [-0.2, 0) is 0 Å². The summed E-state index contributed by atoms with van der Waals surface area (Å²) in [4.78, 5) is 12.2.